The minimum atomic E-state index is -4.89. The van der Waals surface area contributed by atoms with Crippen LogP contribution in [0.1, 0.15) is 28.7 Å². The Bertz CT molecular complexity index is 1290. The van der Waals surface area contributed by atoms with Crippen molar-refractivity contribution in [3.05, 3.63) is 71.7 Å². The highest BCUT2D eigenvalue weighted by molar-refractivity contribution is 5.62. The van der Waals surface area contributed by atoms with Crippen molar-refractivity contribution >= 4 is 11.3 Å². The molecule has 5 rings (SSSR count). The Hall–Kier alpha value is -3.77. The Kier molecular flexibility index (Phi) is 4.72. The van der Waals surface area contributed by atoms with Gasteiger partial charge in [0, 0.05) is 31.1 Å². The van der Waals surface area contributed by atoms with Crippen LogP contribution < -0.4 is 9.64 Å². The van der Waals surface area contributed by atoms with Crippen LogP contribution in [0, 0.1) is 0 Å². The minimum Gasteiger partial charge on any atom is -0.403 e. The van der Waals surface area contributed by atoms with E-state index in [0.29, 0.717) is 24.4 Å². The monoisotopic (exact) mass is 468 g/mol. The second kappa shape index (κ2) is 7.39. The van der Waals surface area contributed by atoms with Gasteiger partial charge in [0.1, 0.15) is 17.4 Å². The Balaban J connectivity index is 1.59. The summed E-state index contributed by atoms with van der Waals surface area (Å²) in [6, 6.07) is 5.46. The summed E-state index contributed by atoms with van der Waals surface area (Å²) < 4.78 is 82.7. The van der Waals surface area contributed by atoms with Gasteiger partial charge in [-0.3, -0.25) is 0 Å². The van der Waals surface area contributed by atoms with E-state index < -0.39 is 29.9 Å². The number of hydrogen-bond donors (Lipinski definition) is 1. The molecule has 0 bridgehead atoms. The highest BCUT2D eigenvalue weighted by Crippen LogP contribution is 2.38. The number of alkyl halides is 6. The molecule has 1 atom stereocenters. The van der Waals surface area contributed by atoms with E-state index in [4.69, 9.17) is 0 Å². The third-order valence-corrected chi connectivity index (χ3v) is 5.28. The van der Waals surface area contributed by atoms with Crippen LogP contribution >= 0.6 is 0 Å². The largest absolute Gasteiger partial charge is 0.573 e. The molecule has 0 radical (unpaired) electrons. The molecule has 172 valence electrons. The summed E-state index contributed by atoms with van der Waals surface area (Å²) in [5.41, 5.74) is 0.884. The quantitative estimate of drug-likeness (QED) is 0.448. The summed E-state index contributed by atoms with van der Waals surface area (Å²) in [5.74, 6) is -0.175. The number of nitrogens with one attached hydrogen (secondary N) is 1. The summed E-state index contributed by atoms with van der Waals surface area (Å²) in [5, 5.41) is 4.40. The van der Waals surface area contributed by atoms with E-state index in [1.54, 1.807) is 4.90 Å². The second-order valence-electron chi connectivity index (χ2n) is 7.33. The molecule has 1 N–H and O–H groups in total. The van der Waals surface area contributed by atoms with Crippen molar-refractivity contribution in [2.45, 2.75) is 25.0 Å². The lowest BCUT2D eigenvalue weighted by Gasteiger charge is -2.34. The first-order valence-electron chi connectivity index (χ1n) is 9.66. The topological polar surface area (TPSA) is 71.3 Å². The number of imidazole rings is 1. The summed E-state index contributed by atoms with van der Waals surface area (Å²) in [7, 11) is 0. The zero-order valence-electron chi connectivity index (χ0n) is 16.5. The lowest BCUT2D eigenvalue weighted by Crippen LogP contribution is -2.37. The van der Waals surface area contributed by atoms with Crippen LogP contribution in [0.2, 0.25) is 0 Å². The second-order valence-corrected chi connectivity index (χ2v) is 7.33. The molecule has 0 saturated heterocycles. The number of fused-ring (bicyclic) bond motifs is 2. The first-order chi connectivity index (χ1) is 15.6. The number of H-pyrrole nitrogens is 1. The number of aromatic amines is 1. The van der Waals surface area contributed by atoms with Gasteiger partial charge in [-0.2, -0.15) is 18.3 Å². The predicted octanol–water partition coefficient (Wildman–Crippen LogP) is 4.52. The van der Waals surface area contributed by atoms with E-state index in [0.717, 1.165) is 18.0 Å². The highest BCUT2D eigenvalue weighted by atomic mass is 19.4. The number of ether oxygens (including phenoxy) is 1. The molecule has 0 spiro atoms. The Morgan fingerprint density at radius 2 is 1.88 bits per heavy atom. The van der Waals surface area contributed by atoms with Crippen molar-refractivity contribution in [1.29, 1.82) is 0 Å². The molecule has 0 aliphatic carbocycles. The molecule has 1 aliphatic heterocycles. The Labute approximate surface area is 181 Å². The van der Waals surface area contributed by atoms with Crippen LogP contribution in [-0.2, 0) is 12.6 Å². The maximum Gasteiger partial charge on any atom is 0.573 e. The normalized spacial score (nSPS) is 16.8. The van der Waals surface area contributed by atoms with E-state index in [-0.39, 0.29) is 11.3 Å². The maximum absolute atomic E-state index is 13.0. The van der Waals surface area contributed by atoms with Crippen LogP contribution in [0.25, 0.3) is 5.52 Å². The Morgan fingerprint density at radius 3 is 2.58 bits per heavy atom. The van der Waals surface area contributed by atoms with E-state index in [2.05, 4.69) is 24.8 Å². The fourth-order valence-electron chi connectivity index (χ4n) is 3.90. The molecule has 0 fully saturated rings. The summed E-state index contributed by atoms with van der Waals surface area (Å²) in [4.78, 5) is 13.1. The van der Waals surface area contributed by atoms with Crippen LogP contribution in [-0.4, -0.2) is 37.5 Å². The molecule has 13 heteroatoms. The van der Waals surface area contributed by atoms with Gasteiger partial charge in [0.25, 0.3) is 0 Å². The highest BCUT2D eigenvalue weighted by Gasteiger charge is 2.36. The van der Waals surface area contributed by atoms with E-state index >= 15 is 0 Å². The molecule has 4 aromatic rings. The van der Waals surface area contributed by atoms with Crippen molar-refractivity contribution in [3.63, 3.8) is 0 Å². The molecular weight excluding hydrogens is 454 g/mol. The van der Waals surface area contributed by atoms with Crippen LogP contribution in [0.3, 0.4) is 0 Å². The number of anilines is 1. The molecule has 4 aromatic heterocycles. The first-order valence-corrected chi connectivity index (χ1v) is 9.66. The third-order valence-electron chi connectivity index (χ3n) is 5.28. The van der Waals surface area contributed by atoms with Gasteiger partial charge >= 0.3 is 12.5 Å². The van der Waals surface area contributed by atoms with Crippen LogP contribution in [0.5, 0.6) is 5.75 Å². The molecule has 0 amide bonds. The van der Waals surface area contributed by atoms with E-state index in [9.17, 15) is 26.3 Å². The zero-order valence-corrected chi connectivity index (χ0v) is 16.5. The maximum atomic E-state index is 13.0. The summed E-state index contributed by atoms with van der Waals surface area (Å²) in [6.07, 6.45) is -5.20. The van der Waals surface area contributed by atoms with Gasteiger partial charge < -0.3 is 14.6 Å². The van der Waals surface area contributed by atoms with Gasteiger partial charge in [-0.15, -0.1) is 13.2 Å². The van der Waals surface area contributed by atoms with Crippen molar-refractivity contribution < 1.29 is 31.1 Å². The van der Waals surface area contributed by atoms with Crippen molar-refractivity contribution in [1.82, 2.24) is 24.6 Å². The SMILES string of the molecule is FC(F)(F)Oc1cccn2nc(C3c4nc[nH]c4CCN3c3ccc(C(F)(F)F)cn3)cc12. The van der Waals surface area contributed by atoms with E-state index in [1.807, 2.05) is 0 Å². The number of hydrogen-bond acceptors (Lipinski definition) is 5. The minimum absolute atomic E-state index is 0.0767. The average Bonchev–Trinajstić information content (AvgIpc) is 3.39. The number of aromatic nitrogens is 5. The fourth-order valence-corrected chi connectivity index (χ4v) is 3.90. The van der Waals surface area contributed by atoms with Crippen molar-refractivity contribution in [2.75, 3.05) is 11.4 Å². The van der Waals surface area contributed by atoms with Crippen LogP contribution in [0.4, 0.5) is 32.2 Å². The molecule has 7 nitrogen and oxygen atoms in total. The van der Waals surface area contributed by atoms with E-state index in [1.165, 1.54) is 41.3 Å². The zero-order chi connectivity index (χ0) is 23.4. The lowest BCUT2D eigenvalue weighted by atomic mass is 9.99. The molecule has 0 aromatic carbocycles. The van der Waals surface area contributed by atoms with Gasteiger partial charge in [-0.1, -0.05) is 0 Å². The smallest absolute Gasteiger partial charge is 0.403 e. The molecule has 5 heterocycles. The summed E-state index contributed by atoms with van der Waals surface area (Å²) >= 11 is 0. The Morgan fingerprint density at radius 1 is 1.06 bits per heavy atom. The van der Waals surface area contributed by atoms with Crippen molar-refractivity contribution in [3.8, 4) is 5.75 Å². The number of nitrogens with zero attached hydrogens (tertiary/aromatic N) is 5. The molecule has 0 saturated carbocycles. The average molecular weight is 468 g/mol. The van der Waals surface area contributed by atoms with Crippen molar-refractivity contribution in [2.24, 2.45) is 0 Å². The molecular formula is C20H14F6N6O. The number of rotatable bonds is 3. The van der Waals surface area contributed by atoms with Gasteiger partial charge in [0.2, 0.25) is 0 Å². The number of halogens is 6. The standard InChI is InChI=1S/C20H14F6N6O/c21-19(22,23)11-3-4-16(27-9-11)31-7-5-12-17(29-10-28-12)18(31)13-8-14-15(33-20(24,25)26)2-1-6-32(14)30-13/h1-4,6,8-10,18H,5,7H2,(H,28,29). The van der Waals surface area contributed by atoms with Gasteiger partial charge in [0.15, 0.2) is 5.75 Å². The van der Waals surface area contributed by atoms with Crippen LogP contribution in [0.15, 0.2) is 49.1 Å². The molecule has 1 aliphatic rings. The third kappa shape index (κ3) is 3.94. The molecule has 33 heavy (non-hydrogen) atoms. The van der Waals surface area contributed by atoms with Gasteiger partial charge in [0.05, 0.1) is 23.3 Å². The predicted molar refractivity (Wildman–Crippen MR) is 103 cm³/mol. The number of pyridine rings is 2. The lowest BCUT2D eigenvalue weighted by molar-refractivity contribution is -0.274. The fraction of sp³-hybridized carbons (Fsp3) is 0.250. The first kappa shape index (κ1) is 21.1. The van der Waals surface area contributed by atoms with Gasteiger partial charge in [-0.05, 0) is 30.3 Å². The summed E-state index contributed by atoms with van der Waals surface area (Å²) in [6.45, 7) is 0.373. The molecule has 1 unspecified atom stereocenters. The van der Waals surface area contributed by atoms with Gasteiger partial charge in [-0.25, -0.2) is 14.5 Å².